The van der Waals surface area contributed by atoms with Crippen molar-refractivity contribution in [2.75, 3.05) is 6.54 Å². The Morgan fingerprint density at radius 3 is 2.54 bits per heavy atom. The minimum atomic E-state index is 0.666. The van der Waals surface area contributed by atoms with Crippen molar-refractivity contribution in [3.05, 3.63) is 12.3 Å². The maximum absolute atomic E-state index is 3.41. The van der Waals surface area contributed by atoms with Crippen LogP contribution in [0.1, 0.15) is 46.0 Å². The van der Waals surface area contributed by atoms with Gasteiger partial charge in [0.2, 0.25) is 0 Å². The van der Waals surface area contributed by atoms with Gasteiger partial charge in [-0.15, -0.1) is 0 Å². The van der Waals surface area contributed by atoms with Crippen molar-refractivity contribution in [1.29, 1.82) is 0 Å². The van der Waals surface area contributed by atoms with Gasteiger partial charge in [-0.1, -0.05) is 39.2 Å². The summed E-state index contributed by atoms with van der Waals surface area (Å²) in [4.78, 5) is 0. The first-order valence-electron chi connectivity index (χ1n) is 5.69. The highest BCUT2D eigenvalue weighted by Gasteiger charge is 2.11. The zero-order chi connectivity index (χ0) is 9.52. The fourth-order valence-electron chi connectivity index (χ4n) is 1.89. The van der Waals surface area contributed by atoms with Crippen LogP contribution in [0.2, 0.25) is 0 Å². The maximum Gasteiger partial charge on any atom is 0.0169 e. The van der Waals surface area contributed by atoms with E-state index in [-0.39, 0.29) is 0 Å². The molecule has 0 heterocycles. The lowest BCUT2D eigenvalue weighted by atomic mass is 9.89. The number of hydrogen-bond acceptors (Lipinski definition) is 1. The summed E-state index contributed by atoms with van der Waals surface area (Å²) >= 11 is 0. The van der Waals surface area contributed by atoms with Gasteiger partial charge in [-0.05, 0) is 30.9 Å². The molecule has 1 heteroatoms. The van der Waals surface area contributed by atoms with Crippen molar-refractivity contribution in [2.45, 2.75) is 46.0 Å². The van der Waals surface area contributed by atoms with E-state index in [4.69, 9.17) is 0 Å². The highest BCUT2D eigenvalue weighted by atomic mass is 14.8. The van der Waals surface area contributed by atoms with Crippen LogP contribution < -0.4 is 5.32 Å². The summed E-state index contributed by atoms with van der Waals surface area (Å²) in [6.07, 6.45) is 11.6. The van der Waals surface area contributed by atoms with E-state index in [1.807, 2.05) is 0 Å². The average Bonchev–Trinajstić information content (AvgIpc) is 2.14. The van der Waals surface area contributed by atoms with E-state index in [0.29, 0.717) is 5.92 Å². The lowest BCUT2D eigenvalue weighted by Gasteiger charge is -2.21. The Bertz CT molecular complexity index is 143. The molecule has 0 spiro atoms. The second kappa shape index (κ2) is 6.06. The molecule has 0 bridgehead atoms. The molecule has 0 amide bonds. The van der Waals surface area contributed by atoms with Crippen LogP contribution in [0.3, 0.4) is 0 Å². The number of allylic oxidation sites excluding steroid dienone is 1. The third-order valence-corrected chi connectivity index (χ3v) is 2.73. The molecule has 1 aliphatic rings. The van der Waals surface area contributed by atoms with E-state index in [0.717, 1.165) is 5.92 Å². The Balaban J connectivity index is 2.04. The minimum absolute atomic E-state index is 0.666. The van der Waals surface area contributed by atoms with Crippen molar-refractivity contribution >= 4 is 0 Å². The van der Waals surface area contributed by atoms with Gasteiger partial charge in [-0.2, -0.15) is 0 Å². The standard InChI is InChI=1S/C12H23N/c1-11(2)8-9-13-10-12-6-4-3-5-7-12/h8-9,11-13H,3-7,10H2,1-2H3. The lowest BCUT2D eigenvalue weighted by Crippen LogP contribution is -2.20. The van der Waals surface area contributed by atoms with Crippen molar-refractivity contribution in [3.8, 4) is 0 Å². The van der Waals surface area contributed by atoms with Crippen molar-refractivity contribution in [3.63, 3.8) is 0 Å². The third kappa shape index (κ3) is 4.97. The lowest BCUT2D eigenvalue weighted by molar-refractivity contribution is 0.353. The molecule has 0 saturated heterocycles. The molecular weight excluding hydrogens is 158 g/mol. The van der Waals surface area contributed by atoms with Crippen molar-refractivity contribution < 1.29 is 0 Å². The van der Waals surface area contributed by atoms with Gasteiger partial charge in [-0.25, -0.2) is 0 Å². The van der Waals surface area contributed by atoms with E-state index >= 15 is 0 Å². The minimum Gasteiger partial charge on any atom is -0.391 e. The van der Waals surface area contributed by atoms with Crippen LogP contribution in [0.15, 0.2) is 12.3 Å². The molecule has 13 heavy (non-hydrogen) atoms. The summed E-state index contributed by atoms with van der Waals surface area (Å²) in [5.74, 6) is 1.60. The fourth-order valence-corrected chi connectivity index (χ4v) is 1.89. The van der Waals surface area contributed by atoms with Crippen LogP contribution in [0, 0.1) is 11.8 Å². The second-order valence-corrected chi connectivity index (χ2v) is 4.52. The van der Waals surface area contributed by atoms with Gasteiger partial charge in [0.15, 0.2) is 0 Å². The molecule has 1 rings (SSSR count). The Morgan fingerprint density at radius 2 is 1.92 bits per heavy atom. The quantitative estimate of drug-likeness (QED) is 0.701. The fraction of sp³-hybridized carbons (Fsp3) is 0.833. The second-order valence-electron chi connectivity index (χ2n) is 4.52. The van der Waals surface area contributed by atoms with Gasteiger partial charge in [0.05, 0.1) is 0 Å². The van der Waals surface area contributed by atoms with Gasteiger partial charge < -0.3 is 5.32 Å². The van der Waals surface area contributed by atoms with E-state index in [1.165, 1.54) is 38.6 Å². The highest BCUT2D eigenvalue weighted by Crippen LogP contribution is 2.22. The first kappa shape index (κ1) is 10.6. The van der Waals surface area contributed by atoms with Gasteiger partial charge in [0, 0.05) is 6.54 Å². The summed E-state index contributed by atoms with van der Waals surface area (Å²) in [6, 6.07) is 0. The molecule has 0 aliphatic heterocycles. The number of rotatable bonds is 4. The summed E-state index contributed by atoms with van der Waals surface area (Å²) < 4.78 is 0. The van der Waals surface area contributed by atoms with Crippen molar-refractivity contribution in [1.82, 2.24) is 5.32 Å². The number of nitrogens with one attached hydrogen (secondary N) is 1. The largest absolute Gasteiger partial charge is 0.391 e. The molecule has 0 aromatic rings. The first-order chi connectivity index (χ1) is 6.29. The molecule has 0 aromatic carbocycles. The van der Waals surface area contributed by atoms with Gasteiger partial charge in [-0.3, -0.25) is 0 Å². The Labute approximate surface area is 82.6 Å². The van der Waals surface area contributed by atoms with E-state index in [9.17, 15) is 0 Å². The van der Waals surface area contributed by atoms with Crippen LogP contribution in [0.5, 0.6) is 0 Å². The Hall–Kier alpha value is -0.460. The van der Waals surface area contributed by atoms with Crippen LogP contribution >= 0.6 is 0 Å². The first-order valence-corrected chi connectivity index (χ1v) is 5.69. The molecule has 0 atom stereocenters. The van der Waals surface area contributed by atoms with E-state index in [2.05, 4.69) is 31.4 Å². The Kier molecular flexibility index (Phi) is 4.95. The summed E-state index contributed by atoms with van der Waals surface area (Å²) in [7, 11) is 0. The molecule has 0 unspecified atom stereocenters. The molecule has 1 nitrogen and oxygen atoms in total. The van der Waals surface area contributed by atoms with Gasteiger partial charge >= 0.3 is 0 Å². The van der Waals surface area contributed by atoms with Crippen LogP contribution in [0.4, 0.5) is 0 Å². The molecular formula is C12H23N. The van der Waals surface area contributed by atoms with Crippen LogP contribution in [-0.4, -0.2) is 6.54 Å². The van der Waals surface area contributed by atoms with Crippen LogP contribution in [-0.2, 0) is 0 Å². The predicted molar refractivity (Wildman–Crippen MR) is 58.6 cm³/mol. The average molecular weight is 181 g/mol. The zero-order valence-electron chi connectivity index (χ0n) is 9.05. The summed E-state index contributed by atoms with van der Waals surface area (Å²) in [5, 5.41) is 3.41. The SMILES string of the molecule is CC(C)C=CNCC1CCCCC1. The third-order valence-electron chi connectivity index (χ3n) is 2.73. The molecule has 0 radical (unpaired) electrons. The summed E-state index contributed by atoms with van der Waals surface area (Å²) in [6.45, 7) is 5.60. The van der Waals surface area contributed by atoms with Crippen LogP contribution in [0.25, 0.3) is 0 Å². The number of hydrogen-bond donors (Lipinski definition) is 1. The molecule has 1 saturated carbocycles. The smallest absolute Gasteiger partial charge is 0.0169 e. The van der Waals surface area contributed by atoms with Gasteiger partial charge in [0.1, 0.15) is 0 Å². The summed E-state index contributed by atoms with van der Waals surface area (Å²) in [5.41, 5.74) is 0. The van der Waals surface area contributed by atoms with Gasteiger partial charge in [0.25, 0.3) is 0 Å². The molecule has 1 N–H and O–H groups in total. The molecule has 0 aromatic heterocycles. The predicted octanol–water partition coefficient (Wildman–Crippen LogP) is 3.33. The molecule has 76 valence electrons. The molecule has 1 fully saturated rings. The topological polar surface area (TPSA) is 12.0 Å². The Morgan fingerprint density at radius 1 is 1.23 bits per heavy atom. The van der Waals surface area contributed by atoms with Crippen molar-refractivity contribution in [2.24, 2.45) is 11.8 Å². The van der Waals surface area contributed by atoms with E-state index in [1.54, 1.807) is 0 Å². The normalized spacial score (nSPS) is 19.9. The monoisotopic (exact) mass is 181 g/mol. The molecule has 1 aliphatic carbocycles. The van der Waals surface area contributed by atoms with E-state index < -0.39 is 0 Å². The zero-order valence-corrected chi connectivity index (χ0v) is 9.05. The maximum atomic E-state index is 3.41. The highest BCUT2D eigenvalue weighted by molar-refractivity contribution is 4.83.